The highest BCUT2D eigenvalue weighted by Gasteiger charge is 2.15. The van der Waals surface area contributed by atoms with Gasteiger partial charge in [0, 0.05) is 11.3 Å². The zero-order valence-electron chi connectivity index (χ0n) is 12.9. The summed E-state index contributed by atoms with van der Waals surface area (Å²) < 4.78 is 5.41. The van der Waals surface area contributed by atoms with Crippen LogP contribution in [0.3, 0.4) is 0 Å². The summed E-state index contributed by atoms with van der Waals surface area (Å²) in [5.41, 5.74) is 3.43. The number of carbonyl (C=O) groups excluding carboxylic acids is 1. The molecule has 21 heavy (non-hydrogen) atoms. The molecular formula is C18H21NO2. The fraction of sp³-hybridized carbons (Fsp3) is 0.278. The standard InChI is InChI=1S/C18H21NO2/c1-12(2)15-11-16(13(3)10-17(15)21-4)18(20)19-14-8-6-5-7-9-14/h5-12H,1-4H3,(H,19,20). The maximum absolute atomic E-state index is 12.5. The molecule has 0 radical (unpaired) electrons. The lowest BCUT2D eigenvalue weighted by molar-refractivity contribution is 0.102. The predicted molar refractivity (Wildman–Crippen MR) is 86.2 cm³/mol. The van der Waals surface area contributed by atoms with E-state index in [1.165, 1.54) is 0 Å². The monoisotopic (exact) mass is 283 g/mol. The van der Waals surface area contributed by atoms with Crippen molar-refractivity contribution in [1.82, 2.24) is 0 Å². The van der Waals surface area contributed by atoms with Gasteiger partial charge in [-0.15, -0.1) is 0 Å². The van der Waals surface area contributed by atoms with Gasteiger partial charge in [-0.3, -0.25) is 4.79 Å². The van der Waals surface area contributed by atoms with Crippen LogP contribution in [0.25, 0.3) is 0 Å². The van der Waals surface area contributed by atoms with Gasteiger partial charge in [-0.25, -0.2) is 0 Å². The van der Waals surface area contributed by atoms with Crippen LogP contribution < -0.4 is 10.1 Å². The Morgan fingerprint density at radius 3 is 2.38 bits per heavy atom. The molecule has 0 aliphatic carbocycles. The second-order valence-electron chi connectivity index (χ2n) is 5.38. The highest BCUT2D eigenvalue weighted by molar-refractivity contribution is 6.05. The number of aryl methyl sites for hydroxylation is 1. The summed E-state index contributed by atoms with van der Waals surface area (Å²) in [6.07, 6.45) is 0. The van der Waals surface area contributed by atoms with Crippen LogP contribution in [0.5, 0.6) is 5.75 Å². The largest absolute Gasteiger partial charge is 0.496 e. The molecule has 0 saturated carbocycles. The molecule has 0 aromatic heterocycles. The maximum atomic E-state index is 12.5. The van der Waals surface area contributed by atoms with Gasteiger partial charge in [-0.05, 0) is 48.2 Å². The van der Waals surface area contributed by atoms with Crippen molar-refractivity contribution in [3.8, 4) is 5.75 Å². The SMILES string of the molecule is COc1cc(C)c(C(=O)Nc2ccccc2)cc1C(C)C. The Bertz CT molecular complexity index is 633. The summed E-state index contributed by atoms with van der Waals surface area (Å²) in [6, 6.07) is 13.3. The quantitative estimate of drug-likeness (QED) is 0.904. The van der Waals surface area contributed by atoms with Crippen LogP contribution in [0.1, 0.15) is 41.3 Å². The average molecular weight is 283 g/mol. The first-order chi connectivity index (χ1) is 10.0. The molecule has 0 saturated heterocycles. The molecule has 0 heterocycles. The van der Waals surface area contributed by atoms with Crippen molar-refractivity contribution in [2.45, 2.75) is 26.7 Å². The van der Waals surface area contributed by atoms with Gasteiger partial charge < -0.3 is 10.1 Å². The van der Waals surface area contributed by atoms with Crippen molar-refractivity contribution >= 4 is 11.6 Å². The van der Waals surface area contributed by atoms with Gasteiger partial charge in [0.2, 0.25) is 0 Å². The molecule has 0 bridgehead atoms. The molecule has 0 aliphatic rings. The van der Waals surface area contributed by atoms with E-state index in [-0.39, 0.29) is 5.91 Å². The molecule has 1 N–H and O–H groups in total. The molecule has 0 aliphatic heterocycles. The molecule has 0 atom stereocenters. The van der Waals surface area contributed by atoms with Crippen LogP contribution in [0.15, 0.2) is 42.5 Å². The van der Waals surface area contributed by atoms with Crippen molar-refractivity contribution in [1.29, 1.82) is 0 Å². The van der Waals surface area contributed by atoms with E-state index in [1.54, 1.807) is 7.11 Å². The highest BCUT2D eigenvalue weighted by Crippen LogP contribution is 2.30. The first-order valence-electron chi connectivity index (χ1n) is 7.08. The summed E-state index contributed by atoms with van der Waals surface area (Å²) in [4.78, 5) is 12.5. The summed E-state index contributed by atoms with van der Waals surface area (Å²) in [6.45, 7) is 6.10. The third kappa shape index (κ3) is 3.43. The van der Waals surface area contributed by atoms with Crippen molar-refractivity contribution < 1.29 is 9.53 Å². The molecule has 3 heteroatoms. The molecule has 1 amide bonds. The second kappa shape index (κ2) is 6.44. The Labute approximate surface area is 126 Å². The normalized spacial score (nSPS) is 10.5. The Kier molecular flexibility index (Phi) is 4.63. The van der Waals surface area contributed by atoms with Gasteiger partial charge in [-0.2, -0.15) is 0 Å². The van der Waals surface area contributed by atoms with Crippen LogP contribution in [-0.4, -0.2) is 13.0 Å². The number of anilines is 1. The average Bonchev–Trinajstić information content (AvgIpc) is 2.47. The lowest BCUT2D eigenvalue weighted by Gasteiger charge is -2.16. The Morgan fingerprint density at radius 2 is 1.81 bits per heavy atom. The van der Waals surface area contributed by atoms with Gasteiger partial charge in [-0.1, -0.05) is 32.0 Å². The number of rotatable bonds is 4. The van der Waals surface area contributed by atoms with E-state index in [9.17, 15) is 4.79 Å². The third-order valence-corrected chi connectivity index (χ3v) is 3.48. The molecule has 0 unspecified atom stereocenters. The lowest BCUT2D eigenvalue weighted by atomic mass is 9.96. The van der Waals surface area contributed by atoms with Gasteiger partial charge in [0.1, 0.15) is 5.75 Å². The first kappa shape index (κ1) is 15.1. The summed E-state index contributed by atoms with van der Waals surface area (Å²) in [7, 11) is 1.66. The fourth-order valence-corrected chi connectivity index (χ4v) is 2.29. The number of hydrogen-bond acceptors (Lipinski definition) is 2. The van der Waals surface area contributed by atoms with Crippen molar-refractivity contribution in [3.63, 3.8) is 0 Å². The summed E-state index contributed by atoms with van der Waals surface area (Å²) in [5.74, 6) is 1.03. The molecular weight excluding hydrogens is 262 g/mol. The van der Waals surface area contributed by atoms with Gasteiger partial charge >= 0.3 is 0 Å². The molecule has 3 nitrogen and oxygen atoms in total. The molecule has 0 spiro atoms. The Hall–Kier alpha value is -2.29. The smallest absolute Gasteiger partial charge is 0.255 e. The number of hydrogen-bond donors (Lipinski definition) is 1. The van der Waals surface area contributed by atoms with E-state index in [2.05, 4.69) is 19.2 Å². The molecule has 110 valence electrons. The van der Waals surface area contributed by atoms with Crippen LogP contribution in [-0.2, 0) is 0 Å². The van der Waals surface area contributed by atoms with E-state index < -0.39 is 0 Å². The minimum atomic E-state index is -0.0942. The molecule has 0 fully saturated rings. The first-order valence-corrected chi connectivity index (χ1v) is 7.08. The van der Waals surface area contributed by atoms with Crippen LogP contribution in [0.2, 0.25) is 0 Å². The zero-order valence-corrected chi connectivity index (χ0v) is 12.9. The molecule has 2 aromatic carbocycles. The topological polar surface area (TPSA) is 38.3 Å². The number of methoxy groups -OCH3 is 1. The number of carbonyl (C=O) groups is 1. The third-order valence-electron chi connectivity index (χ3n) is 3.48. The fourth-order valence-electron chi connectivity index (χ4n) is 2.29. The van der Waals surface area contributed by atoms with Gasteiger partial charge in [0.05, 0.1) is 7.11 Å². The lowest BCUT2D eigenvalue weighted by Crippen LogP contribution is -2.14. The van der Waals surface area contributed by atoms with Crippen LogP contribution in [0.4, 0.5) is 5.69 Å². The van der Waals surface area contributed by atoms with Crippen LogP contribution >= 0.6 is 0 Å². The Morgan fingerprint density at radius 1 is 1.14 bits per heavy atom. The number of benzene rings is 2. The van der Waals surface area contributed by atoms with Gasteiger partial charge in [0.15, 0.2) is 0 Å². The number of ether oxygens (including phenoxy) is 1. The summed E-state index contributed by atoms with van der Waals surface area (Å²) >= 11 is 0. The van der Waals surface area contributed by atoms with E-state index in [4.69, 9.17) is 4.74 Å². The van der Waals surface area contributed by atoms with E-state index in [0.29, 0.717) is 11.5 Å². The molecule has 2 aromatic rings. The predicted octanol–water partition coefficient (Wildman–Crippen LogP) is 4.38. The van der Waals surface area contributed by atoms with E-state index >= 15 is 0 Å². The van der Waals surface area contributed by atoms with E-state index in [0.717, 1.165) is 22.6 Å². The van der Waals surface area contributed by atoms with Crippen molar-refractivity contribution in [2.75, 3.05) is 12.4 Å². The van der Waals surface area contributed by atoms with Crippen LogP contribution in [0, 0.1) is 6.92 Å². The summed E-state index contributed by atoms with van der Waals surface area (Å²) in [5, 5.41) is 2.92. The zero-order chi connectivity index (χ0) is 15.4. The number of amides is 1. The highest BCUT2D eigenvalue weighted by atomic mass is 16.5. The number of para-hydroxylation sites is 1. The van der Waals surface area contributed by atoms with Gasteiger partial charge in [0.25, 0.3) is 5.91 Å². The Balaban J connectivity index is 2.35. The van der Waals surface area contributed by atoms with Crippen molar-refractivity contribution in [2.24, 2.45) is 0 Å². The van der Waals surface area contributed by atoms with Crippen molar-refractivity contribution in [3.05, 3.63) is 59.2 Å². The minimum absolute atomic E-state index is 0.0942. The maximum Gasteiger partial charge on any atom is 0.255 e. The molecule has 2 rings (SSSR count). The minimum Gasteiger partial charge on any atom is -0.496 e. The second-order valence-corrected chi connectivity index (χ2v) is 5.38. The van der Waals surface area contributed by atoms with E-state index in [1.807, 2.05) is 49.4 Å². The number of nitrogens with one attached hydrogen (secondary N) is 1.